The summed E-state index contributed by atoms with van der Waals surface area (Å²) >= 11 is 0. The van der Waals surface area contributed by atoms with Crippen LogP contribution in [0.25, 0.3) is 57.4 Å². The first kappa shape index (κ1) is 44.5. The van der Waals surface area contributed by atoms with Gasteiger partial charge in [0, 0.05) is 42.2 Å². The normalized spacial score (nSPS) is 16.4. The fourth-order valence-corrected chi connectivity index (χ4v) is 8.41. The van der Waals surface area contributed by atoms with E-state index in [1.807, 2.05) is 17.0 Å². The molecular weight excluding hydrogens is 945 g/mol. The van der Waals surface area contributed by atoms with Crippen LogP contribution in [-0.2, 0) is 0 Å². The number of hydrogen-bond donors (Lipinski definition) is 7. The van der Waals surface area contributed by atoms with Gasteiger partial charge in [-0.2, -0.15) is 39.2 Å². The predicted octanol–water partition coefficient (Wildman–Crippen LogP) is -0.932. The van der Waals surface area contributed by atoms with Crippen LogP contribution in [-0.4, -0.2) is 160 Å². The second kappa shape index (κ2) is 17.6. The number of amides is 1. The molecule has 13 rings (SSSR count). The number of aromatic amines is 4. The molecule has 27 nitrogen and oxygen atoms in total. The van der Waals surface area contributed by atoms with Crippen LogP contribution in [0.5, 0.6) is 11.8 Å². The van der Waals surface area contributed by atoms with Crippen LogP contribution in [0, 0.1) is 0 Å². The minimum Gasteiger partial charge on any atom is -0.493 e. The second-order valence-electron chi connectivity index (χ2n) is 17.7. The molecule has 3 aliphatic rings. The molecule has 1 aliphatic heterocycles. The number of likely N-dealkylation sites (N-methyl/N-ethyl adjacent to an activating group) is 1. The number of rotatable bonds is 9. The van der Waals surface area contributed by atoms with Crippen LogP contribution in [0.3, 0.4) is 0 Å². The van der Waals surface area contributed by atoms with Crippen LogP contribution in [0.2, 0.25) is 0 Å². The predicted molar refractivity (Wildman–Crippen MR) is 257 cm³/mol. The molecule has 1 saturated heterocycles. The number of aromatic hydroxyl groups is 2. The van der Waals surface area contributed by atoms with Gasteiger partial charge in [-0.05, 0) is 80.8 Å². The second-order valence-corrected chi connectivity index (χ2v) is 17.7. The number of benzene rings is 2. The van der Waals surface area contributed by atoms with Gasteiger partial charge in [0.15, 0.2) is 11.3 Å². The standard InChI is InChI=1S/C26H27N11O3.C20H15N9O4/c1-2-34-7-9-35(10-8-34)23(39)15-3-6-20-18(11-15)27-14-36(20)24-31-21-16(12-19-22(38)32-26(40)30-19)13-28-37(21)25(33-24)29-17-4-5-17;30-16-13(24-20(33)26-16)6-10-7-22-29-15(10)25-18(27-19(29)23-11-2-3-11)28-8-21-12-5-9(17(31)32)1-4-14(12)28/h3,6,11-14,17,38H,2,4-5,7-10H2,1H3,(H2,30,32,40);1,4-8,11,30H,2-3H2,(H,31,32)(H2,24,26,33). The van der Waals surface area contributed by atoms with Crippen molar-refractivity contribution >= 4 is 57.4 Å². The largest absolute Gasteiger partial charge is 0.493 e. The van der Waals surface area contributed by atoms with E-state index in [1.165, 1.54) is 29.2 Å². The Kier molecular flexibility index (Phi) is 10.8. The number of nitrogens with zero attached hydrogens (tertiary/aromatic N) is 16. The molecular formula is C46H42N20O7. The number of hydrogen-bond acceptors (Lipinski definition) is 17. The molecule has 10 aromatic rings. The average Bonchev–Trinajstić information content (AvgIpc) is 4.00. The molecule has 27 heteroatoms. The van der Waals surface area contributed by atoms with E-state index in [9.17, 15) is 34.5 Å². The summed E-state index contributed by atoms with van der Waals surface area (Å²) in [5.41, 5.74) is 4.16. The number of piperazine rings is 1. The Morgan fingerprint density at radius 1 is 0.671 bits per heavy atom. The van der Waals surface area contributed by atoms with Crippen LogP contribution >= 0.6 is 0 Å². The summed E-state index contributed by atoms with van der Waals surface area (Å²) in [5, 5.41) is 39.0. The number of carbonyl (C=O) groups is 2. The molecule has 2 saturated carbocycles. The highest BCUT2D eigenvalue weighted by molar-refractivity contribution is 5.97. The third-order valence-electron chi connectivity index (χ3n) is 12.6. The van der Waals surface area contributed by atoms with Gasteiger partial charge in [0.25, 0.3) is 17.1 Å². The number of nitrogens with one attached hydrogen (secondary N) is 4. The molecule has 0 unspecified atom stereocenters. The molecule has 73 heavy (non-hydrogen) atoms. The van der Waals surface area contributed by atoms with E-state index in [0.717, 1.165) is 50.8 Å². The van der Waals surface area contributed by atoms with E-state index in [4.69, 9.17) is 15.0 Å². The zero-order valence-corrected chi connectivity index (χ0v) is 38.6. The average molecular weight is 987 g/mol. The molecule has 0 radical (unpaired) electrons. The van der Waals surface area contributed by atoms with Gasteiger partial charge in [0.2, 0.25) is 23.7 Å². The highest BCUT2D eigenvalue weighted by Gasteiger charge is 2.25. The first-order valence-corrected chi connectivity index (χ1v) is 23.3. The Labute approximate surface area is 406 Å². The van der Waals surface area contributed by atoms with Gasteiger partial charge >= 0.3 is 17.3 Å². The molecule has 2 aromatic carbocycles. The Bertz CT molecular complexity index is 4230. The molecule has 8 aromatic heterocycles. The van der Waals surface area contributed by atoms with Gasteiger partial charge < -0.3 is 35.1 Å². The first-order chi connectivity index (χ1) is 35.4. The smallest absolute Gasteiger partial charge is 0.335 e. The molecule has 0 bridgehead atoms. The Morgan fingerprint density at radius 3 is 1.59 bits per heavy atom. The van der Waals surface area contributed by atoms with Gasteiger partial charge in [-0.3, -0.25) is 23.9 Å². The third-order valence-corrected chi connectivity index (χ3v) is 12.6. The van der Waals surface area contributed by atoms with Crippen molar-refractivity contribution in [1.82, 2.24) is 88.0 Å². The first-order valence-electron chi connectivity index (χ1n) is 23.3. The van der Waals surface area contributed by atoms with Crippen molar-refractivity contribution in [3.8, 4) is 23.7 Å². The van der Waals surface area contributed by atoms with E-state index in [1.54, 1.807) is 50.5 Å². The lowest BCUT2D eigenvalue weighted by molar-refractivity contribution is 0.0642. The molecule has 2 aliphatic carbocycles. The Morgan fingerprint density at radius 2 is 1.15 bits per heavy atom. The number of H-pyrrole nitrogens is 4. The molecule has 7 N–H and O–H groups in total. The lowest BCUT2D eigenvalue weighted by Gasteiger charge is -2.34. The maximum atomic E-state index is 13.2. The van der Waals surface area contributed by atoms with E-state index in [-0.39, 0.29) is 52.7 Å². The summed E-state index contributed by atoms with van der Waals surface area (Å²) in [5.74, 6) is -1.01. The highest BCUT2D eigenvalue weighted by Crippen LogP contribution is 2.24. The number of fused-ring (bicyclic) bond motifs is 4. The summed E-state index contributed by atoms with van der Waals surface area (Å²) in [6.07, 6.45) is 13.3. The molecule has 9 heterocycles. The number of carboxylic acids is 1. The van der Waals surface area contributed by atoms with Gasteiger partial charge in [-0.1, -0.05) is 6.92 Å². The van der Waals surface area contributed by atoms with Gasteiger partial charge in [0.1, 0.15) is 24.0 Å². The summed E-state index contributed by atoms with van der Waals surface area (Å²) in [6, 6.07) is 10.4. The van der Waals surface area contributed by atoms with Crippen LogP contribution in [0.1, 0.15) is 64.7 Å². The SMILES string of the molecule is CCN1CCN(C(=O)c2ccc3c(c2)ncn3-c2nc(=NC3CC3)n3ncc(=Cc4[nH]c(=O)[nH]c4O)c3n2)CC1.O=C(O)c1ccc2c(c1)ncn2-c1nc(=NC2CC2)n2ncc(=Cc3[nH]c(=O)[nH]c3O)c2n1. The van der Waals surface area contributed by atoms with Crippen molar-refractivity contribution < 1.29 is 24.9 Å². The van der Waals surface area contributed by atoms with Gasteiger partial charge in [-0.15, -0.1) is 0 Å². The third kappa shape index (κ3) is 8.61. The quantitative estimate of drug-likeness (QED) is 0.0918. The molecule has 368 valence electrons. The fourth-order valence-electron chi connectivity index (χ4n) is 8.41. The maximum absolute atomic E-state index is 13.2. The summed E-state index contributed by atoms with van der Waals surface area (Å²) in [4.78, 5) is 98.2. The van der Waals surface area contributed by atoms with E-state index >= 15 is 0 Å². The molecule has 3 fully saturated rings. The lowest BCUT2D eigenvalue weighted by Crippen LogP contribution is -2.48. The maximum Gasteiger partial charge on any atom is 0.335 e. The lowest BCUT2D eigenvalue weighted by atomic mass is 10.1. The monoisotopic (exact) mass is 986 g/mol. The Hall–Kier alpha value is -9.66. The highest BCUT2D eigenvalue weighted by atomic mass is 16.4. The molecule has 0 spiro atoms. The molecule has 0 atom stereocenters. The topological polar surface area (TPSA) is 345 Å². The summed E-state index contributed by atoms with van der Waals surface area (Å²) < 4.78 is 6.43. The minimum absolute atomic E-state index is 0.000817. The zero-order chi connectivity index (χ0) is 50.1. The number of aromatic carboxylic acids is 1. The van der Waals surface area contributed by atoms with Gasteiger partial charge in [-0.25, -0.2) is 34.3 Å². The number of imidazole rings is 4. The minimum atomic E-state index is -1.04. The van der Waals surface area contributed by atoms with E-state index < -0.39 is 17.3 Å². The number of carboxylic acid groups (broad SMARTS) is 1. The van der Waals surface area contributed by atoms with Crippen molar-refractivity contribution in [3.63, 3.8) is 0 Å². The summed E-state index contributed by atoms with van der Waals surface area (Å²) in [6.45, 7) is 6.29. The van der Waals surface area contributed by atoms with Crippen molar-refractivity contribution in [2.45, 2.75) is 44.7 Å². The van der Waals surface area contributed by atoms with Crippen LogP contribution in [0.15, 0.2) is 81.0 Å². The fraction of sp³-hybridized carbons (Fsp3) is 0.261. The van der Waals surface area contributed by atoms with E-state index in [0.29, 0.717) is 74.1 Å². The zero-order valence-electron chi connectivity index (χ0n) is 38.6. The van der Waals surface area contributed by atoms with Crippen molar-refractivity contribution in [2.24, 2.45) is 9.98 Å². The summed E-state index contributed by atoms with van der Waals surface area (Å²) in [7, 11) is 0. The molecule has 1 amide bonds. The number of aromatic nitrogens is 16. The van der Waals surface area contributed by atoms with Crippen LogP contribution < -0.4 is 33.1 Å². The Balaban J connectivity index is 0.000000151. The van der Waals surface area contributed by atoms with E-state index in [2.05, 4.69) is 66.9 Å². The number of carbonyl (C=O) groups excluding carboxylic acids is 1. The van der Waals surface area contributed by atoms with Crippen molar-refractivity contribution in [1.29, 1.82) is 0 Å². The van der Waals surface area contributed by atoms with Crippen LogP contribution in [0.4, 0.5) is 0 Å². The van der Waals surface area contributed by atoms with Crippen molar-refractivity contribution in [3.05, 3.63) is 127 Å². The van der Waals surface area contributed by atoms with Gasteiger partial charge in [0.05, 0.1) is 52.1 Å². The van der Waals surface area contributed by atoms with Crippen molar-refractivity contribution in [2.75, 3.05) is 32.7 Å².